The maximum absolute atomic E-state index is 3.36. The van der Waals surface area contributed by atoms with Gasteiger partial charge >= 0.3 is 0 Å². The number of hydrogen-bond acceptors (Lipinski definition) is 2. The molecule has 1 heterocycles. The Morgan fingerprint density at radius 3 is 2.28 bits per heavy atom. The monoisotopic (exact) mass is 246 g/mol. The third kappa shape index (κ3) is 3.56. The zero-order chi connectivity index (χ0) is 13.2. The van der Waals surface area contributed by atoms with Gasteiger partial charge in [0, 0.05) is 12.1 Å². The SMILES string of the molecule is CC1CC(CCc2ccc(C(C)(C)C)cc2)NN1. The van der Waals surface area contributed by atoms with Crippen molar-refractivity contribution in [2.75, 3.05) is 0 Å². The van der Waals surface area contributed by atoms with Crippen LogP contribution in [0.5, 0.6) is 0 Å². The second-order valence-corrected chi connectivity index (χ2v) is 6.61. The van der Waals surface area contributed by atoms with Gasteiger partial charge in [-0.1, -0.05) is 45.0 Å². The van der Waals surface area contributed by atoms with E-state index >= 15 is 0 Å². The first-order chi connectivity index (χ1) is 8.45. The fourth-order valence-corrected chi connectivity index (χ4v) is 2.51. The first kappa shape index (κ1) is 13.6. The summed E-state index contributed by atoms with van der Waals surface area (Å²) in [7, 11) is 0. The Hall–Kier alpha value is -0.860. The first-order valence-electron chi connectivity index (χ1n) is 7.05. The number of rotatable bonds is 3. The highest BCUT2D eigenvalue weighted by Crippen LogP contribution is 2.22. The molecule has 1 aliphatic heterocycles. The standard InChI is InChI=1S/C16H26N2/c1-12-11-15(18-17-12)10-7-13-5-8-14(9-6-13)16(2,3)4/h5-6,8-9,12,15,17-18H,7,10-11H2,1-4H3. The minimum absolute atomic E-state index is 0.255. The summed E-state index contributed by atoms with van der Waals surface area (Å²) in [6, 6.07) is 10.4. The zero-order valence-electron chi connectivity index (χ0n) is 12.1. The van der Waals surface area contributed by atoms with E-state index in [1.54, 1.807) is 0 Å². The third-order valence-electron chi connectivity index (χ3n) is 3.77. The molecule has 2 N–H and O–H groups in total. The Bertz CT molecular complexity index is 375. The van der Waals surface area contributed by atoms with Crippen LogP contribution in [0.3, 0.4) is 0 Å². The fraction of sp³-hybridized carbons (Fsp3) is 0.625. The molecule has 1 aliphatic rings. The van der Waals surface area contributed by atoms with Crippen LogP contribution in [0.2, 0.25) is 0 Å². The summed E-state index contributed by atoms with van der Waals surface area (Å²) < 4.78 is 0. The second kappa shape index (κ2) is 5.41. The second-order valence-electron chi connectivity index (χ2n) is 6.61. The molecule has 1 aromatic carbocycles. The Balaban J connectivity index is 1.87. The van der Waals surface area contributed by atoms with Crippen LogP contribution in [0, 0.1) is 0 Å². The summed E-state index contributed by atoms with van der Waals surface area (Å²) >= 11 is 0. The number of benzene rings is 1. The van der Waals surface area contributed by atoms with Gasteiger partial charge in [0.15, 0.2) is 0 Å². The summed E-state index contributed by atoms with van der Waals surface area (Å²) in [5.41, 5.74) is 9.77. The van der Waals surface area contributed by atoms with E-state index in [2.05, 4.69) is 62.8 Å². The van der Waals surface area contributed by atoms with Crippen molar-refractivity contribution in [3.05, 3.63) is 35.4 Å². The Kier molecular flexibility index (Phi) is 4.08. The highest BCUT2D eigenvalue weighted by atomic mass is 15.4. The predicted octanol–water partition coefficient (Wildman–Crippen LogP) is 3.17. The molecule has 0 radical (unpaired) electrons. The number of aryl methyl sites for hydroxylation is 1. The Morgan fingerprint density at radius 2 is 1.78 bits per heavy atom. The smallest absolute Gasteiger partial charge is 0.0231 e. The Labute approximate surface area is 111 Å². The molecule has 100 valence electrons. The molecule has 2 nitrogen and oxygen atoms in total. The van der Waals surface area contributed by atoms with E-state index in [0.717, 1.165) is 6.42 Å². The average molecular weight is 246 g/mol. The highest BCUT2D eigenvalue weighted by Gasteiger charge is 2.19. The first-order valence-corrected chi connectivity index (χ1v) is 7.05. The molecule has 1 fully saturated rings. The van der Waals surface area contributed by atoms with E-state index in [-0.39, 0.29) is 5.41 Å². The van der Waals surface area contributed by atoms with Crippen LogP contribution < -0.4 is 10.9 Å². The van der Waals surface area contributed by atoms with E-state index < -0.39 is 0 Å². The van der Waals surface area contributed by atoms with E-state index in [1.165, 1.54) is 24.0 Å². The molecule has 2 unspecified atom stereocenters. The third-order valence-corrected chi connectivity index (χ3v) is 3.77. The summed E-state index contributed by atoms with van der Waals surface area (Å²) in [4.78, 5) is 0. The topological polar surface area (TPSA) is 24.1 Å². The van der Waals surface area contributed by atoms with Gasteiger partial charge in [0.25, 0.3) is 0 Å². The summed E-state index contributed by atoms with van der Waals surface area (Å²) in [5.74, 6) is 0. The molecule has 0 aliphatic carbocycles. The maximum Gasteiger partial charge on any atom is 0.0231 e. The fourth-order valence-electron chi connectivity index (χ4n) is 2.51. The van der Waals surface area contributed by atoms with Crippen molar-refractivity contribution in [1.29, 1.82) is 0 Å². The van der Waals surface area contributed by atoms with Crippen LogP contribution in [0.4, 0.5) is 0 Å². The Morgan fingerprint density at radius 1 is 1.11 bits per heavy atom. The quantitative estimate of drug-likeness (QED) is 0.856. The molecule has 18 heavy (non-hydrogen) atoms. The summed E-state index contributed by atoms with van der Waals surface area (Å²) in [6.45, 7) is 9.01. The summed E-state index contributed by atoms with van der Waals surface area (Å²) in [5, 5.41) is 0. The molecule has 0 aromatic heterocycles. The van der Waals surface area contributed by atoms with Crippen molar-refractivity contribution in [3.63, 3.8) is 0 Å². The molecule has 1 aromatic rings. The van der Waals surface area contributed by atoms with Gasteiger partial charge in [0.05, 0.1) is 0 Å². The van der Waals surface area contributed by atoms with Gasteiger partial charge < -0.3 is 0 Å². The number of hydrogen-bond donors (Lipinski definition) is 2. The highest BCUT2D eigenvalue weighted by molar-refractivity contribution is 5.27. The van der Waals surface area contributed by atoms with Gasteiger partial charge in [-0.05, 0) is 42.7 Å². The van der Waals surface area contributed by atoms with Crippen molar-refractivity contribution < 1.29 is 0 Å². The van der Waals surface area contributed by atoms with Crippen molar-refractivity contribution in [1.82, 2.24) is 10.9 Å². The van der Waals surface area contributed by atoms with E-state index in [1.807, 2.05) is 0 Å². The summed E-state index contributed by atoms with van der Waals surface area (Å²) in [6.07, 6.45) is 3.61. The van der Waals surface area contributed by atoms with Gasteiger partial charge in [-0.2, -0.15) is 0 Å². The van der Waals surface area contributed by atoms with Crippen molar-refractivity contribution >= 4 is 0 Å². The van der Waals surface area contributed by atoms with Gasteiger partial charge in [0.1, 0.15) is 0 Å². The minimum Gasteiger partial charge on any atom is -0.255 e. The van der Waals surface area contributed by atoms with Gasteiger partial charge in [-0.3, -0.25) is 10.9 Å². The molecular formula is C16H26N2. The molecule has 0 spiro atoms. The molecule has 0 saturated carbocycles. The normalized spacial score (nSPS) is 24.4. The van der Waals surface area contributed by atoms with Crippen LogP contribution in [0.15, 0.2) is 24.3 Å². The lowest BCUT2D eigenvalue weighted by molar-refractivity contribution is 0.517. The van der Waals surface area contributed by atoms with Crippen LogP contribution >= 0.6 is 0 Å². The zero-order valence-corrected chi connectivity index (χ0v) is 12.1. The average Bonchev–Trinajstić information content (AvgIpc) is 2.72. The predicted molar refractivity (Wildman–Crippen MR) is 77.6 cm³/mol. The molecule has 2 atom stereocenters. The van der Waals surface area contributed by atoms with Gasteiger partial charge in [0.2, 0.25) is 0 Å². The van der Waals surface area contributed by atoms with E-state index in [4.69, 9.17) is 0 Å². The van der Waals surface area contributed by atoms with Crippen LogP contribution in [0.1, 0.15) is 51.7 Å². The molecule has 2 heteroatoms. The molecule has 0 bridgehead atoms. The van der Waals surface area contributed by atoms with Crippen molar-refractivity contribution in [2.24, 2.45) is 0 Å². The van der Waals surface area contributed by atoms with E-state index in [9.17, 15) is 0 Å². The number of hydrazine groups is 1. The van der Waals surface area contributed by atoms with Gasteiger partial charge in [-0.25, -0.2) is 0 Å². The maximum atomic E-state index is 3.36. The lowest BCUT2D eigenvalue weighted by Crippen LogP contribution is -2.32. The lowest BCUT2D eigenvalue weighted by Gasteiger charge is -2.19. The molecule has 0 amide bonds. The minimum atomic E-state index is 0.255. The molecule has 2 rings (SSSR count). The van der Waals surface area contributed by atoms with Crippen LogP contribution in [0.25, 0.3) is 0 Å². The van der Waals surface area contributed by atoms with Crippen LogP contribution in [-0.4, -0.2) is 12.1 Å². The van der Waals surface area contributed by atoms with Gasteiger partial charge in [-0.15, -0.1) is 0 Å². The van der Waals surface area contributed by atoms with Crippen molar-refractivity contribution in [3.8, 4) is 0 Å². The van der Waals surface area contributed by atoms with E-state index in [0.29, 0.717) is 12.1 Å². The number of nitrogens with one attached hydrogen (secondary N) is 2. The van der Waals surface area contributed by atoms with Crippen LogP contribution in [-0.2, 0) is 11.8 Å². The largest absolute Gasteiger partial charge is 0.255 e. The lowest BCUT2D eigenvalue weighted by atomic mass is 9.86. The molecular weight excluding hydrogens is 220 g/mol. The van der Waals surface area contributed by atoms with Crippen molar-refractivity contribution in [2.45, 2.75) is 64.5 Å². The molecule has 1 saturated heterocycles.